The molecule has 0 radical (unpaired) electrons. The maximum atomic E-state index is 10.9. The van der Waals surface area contributed by atoms with Crippen molar-refractivity contribution >= 4 is 16.9 Å². The number of fused-ring (bicyclic) bond motifs is 1. The maximum Gasteiger partial charge on any atom is 0.146 e. The molecule has 2 aromatic heterocycles. The smallest absolute Gasteiger partial charge is 0.146 e. The number of nitrogen functional groups attached to an aromatic ring is 1. The van der Waals surface area contributed by atoms with Gasteiger partial charge >= 0.3 is 0 Å². The standard InChI is InChI=1S/C27H31N5O3/c28-25-24-23(19-6-8-22(9-7-19)35-21-4-2-1-3-5-21)16-32(26(24)31-18-30-25)20-10-12-27(34,13-11-20)17-29-14-15-33/h1-9,16,18,20,29,33-34H,10-15,17H2,(H2,28,30,31). The van der Waals surface area contributed by atoms with Crippen LogP contribution in [0.25, 0.3) is 22.2 Å². The van der Waals surface area contributed by atoms with E-state index in [9.17, 15) is 5.11 Å². The second kappa shape index (κ2) is 10.0. The molecule has 0 unspecified atom stereocenters. The predicted octanol–water partition coefficient (Wildman–Crippen LogP) is 3.90. The summed E-state index contributed by atoms with van der Waals surface area (Å²) < 4.78 is 8.13. The highest BCUT2D eigenvalue weighted by Gasteiger charge is 2.34. The molecular weight excluding hydrogens is 442 g/mol. The highest BCUT2D eigenvalue weighted by molar-refractivity contribution is 6.00. The maximum absolute atomic E-state index is 10.9. The van der Waals surface area contributed by atoms with Crippen LogP contribution in [0.4, 0.5) is 5.82 Å². The largest absolute Gasteiger partial charge is 0.457 e. The molecule has 1 aliphatic carbocycles. The molecule has 5 N–H and O–H groups in total. The number of benzene rings is 2. The van der Waals surface area contributed by atoms with Crippen molar-refractivity contribution in [2.24, 2.45) is 0 Å². The number of para-hydroxylation sites is 1. The van der Waals surface area contributed by atoms with Crippen LogP contribution in [0.15, 0.2) is 67.1 Å². The Kier molecular flexibility index (Phi) is 6.68. The molecule has 182 valence electrons. The van der Waals surface area contributed by atoms with E-state index in [1.54, 1.807) is 0 Å². The van der Waals surface area contributed by atoms with Crippen molar-refractivity contribution in [1.29, 1.82) is 0 Å². The van der Waals surface area contributed by atoms with E-state index in [4.69, 9.17) is 15.6 Å². The molecule has 0 spiro atoms. The van der Waals surface area contributed by atoms with Crippen LogP contribution < -0.4 is 15.8 Å². The molecule has 4 aromatic rings. The Morgan fingerprint density at radius 1 is 1.03 bits per heavy atom. The number of ether oxygens (including phenoxy) is 1. The average Bonchev–Trinajstić information content (AvgIpc) is 3.27. The van der Waals surface area contributed by atoms with Crippen LogP contribution in [-0.2, 0) is 0 Å². The first-order valence-electron chi connectivity index (χ1n) is 12.0. The minimum atomic E-state index is -0.750. The monoisotopic (exact) mass is 473 g/mol. The number of aliphatic hydroxyl groups excluding tert-OH is 1. The van der Waals surface area contributed by atoms with Crippen molar-refractivity contribution in [2.75, 3.05) is 25.4 Å². The first-order chi connectivity index (χ1) is 17.1. The molecular formula is C27H31N5O3. The van der Waals surface area contributed by atoms with Crippen molar-refractivity contribution in [3.05, 3.63) is 67.1 Å². The summed E-state index contributed by atoms with van der Waals surface area (Å²) in [6.45, 7) is 1.05. The number of hydrogen-bond acceptors (Lipinski definition) is 7. The number of nitrogens with one attached hydrogen (secondary N) is 1. The van der Waals surface area contributed by atoms with Crippen LogP contribution in [0.5, 0.6) is 11.5 Å². The van der Waals surface area contributed by atoms with E-state index in [-0.39, 0.29) is 12.6 Å². The molecule has 2 heterocycles. The van der Waals surface area contributed by atoms with Gasteiger partial charge in [0.25, 0.3) is 0 Å². The third-order valence-electron chi connectivity index (χ3n) is 6.80. The Hall–Kier alpha value is -3.46. The first-order valence-corrected chi connectivity index (χ1v) is 12.0. The minimum absolute atomic E-state index is 0.0668. The normalized spacial score (nSPS) is 20.2. The third kappa shape index (κ3) is 5.00. The molecule has 0 atom stereocenters. The fourth-order valence-corrected chi connectivity index (χ4v) is 4.93. The first kappa shape index (κ1) is 23.3. The van der Waals surface area contributed by atoms with E-state index in [2.05, 4.69) is 26.0 Å². The second-order valence-corrected chi connectivity index (χ2v) is 9.20. The topological polar surface area (TPSA) is 118 Å². The lowest BCUT2D eigenvalue weighted by Gasteiger charge is -2.37. The number of rotatable bonds is 8. The average molecular weight is 474 g/mol. The van der Waals surface area contributed by atoms with Gasteiger partial charge in [0.05, 0.1) is 17.6 Å². The van der Waals surface area contributed by atoms with Crippen LogP contribution in [0.3, 0.4) is 0 Å². The van der Waals surface area contributed by atoms with E-state index < -0.39 is 5.60 Å². The third-order valence-corrected chi connectivity index (χ3v) is 6.80. The predicted molar refractivity (Wildman–Crippen MR) is 136 cm³/mol. The summed E-state index contributed by atoms with van der Waals surface area (Å²) >= 11 is 0. The van der Waals surface area contributed by atoms with Crippen LogP contribution in [0.1, 0.15) is 31.7 Å². The van der Waals surface area contributed by atoms with Gasteiger partial charge in [-0.25, -0.2) is 9.97 Å². The van der Waals surface area contributed by atoms with Gasteiger partial charge < -0.3 is 30.6 Å². The fraction of sp³-hybridized carbons (Fsp3) is 0.333. The van der Waals surface area contributed by atoms with Crippen LogP contribution in [0, 0.1) is 0 Å². The minimum Gasteiger partial charge on any atom is -0.457 e. The lowest BCUT2D eigenvalue weighted by atomic mass is 9.82. The summed E-state index contributed by atoms with van der Waals surface area (Å²) in [4.78, 5) is 8.83. The van der Waals surface area contributed by atoms with Gasteiger partial charge in [-0.05, 0) is 55.5 Å². The summed E-state index contributed by atoms with van der Waals surface area (Å²) in [7, 11) is 0. The fourth-order valence-electron chi connectivity index (χ4n) is 4.93. The number of aliphatic hydroxyl groups is 2. The molecule has 5 rings (SSSR count). The number of nitrogens with zero attached hydrogens (tertiary/aromatic N) is 3. The van der Waals surface area contributed by atoms with Crippen molar-refractivity contribution < 1.29 is 14.9 Å². The summed E-state index contributed by atoms with van der Waals surface area (Å²) in [5.74, 6) is 2.00. The molecule has 1 fully saturated rings. The molecule has 2 aromatic carbocycles. The number of nitrogens with two attached hydrogens (primary N) is 1. The van der Waals surface area contributed by atoms with Gasteiger partial charge in [0.1, 0.15) is 29.3 Å². The summed E-state index contributed by atoms with van der Waals surface area (Å²) in [5, 5.41) is 23.9. The van der Waals surface area contributed by atoms with E-state index in [1.165, 1.54) is 6.33 Å². The van der Waals surface area contributed by atoms with Gasteiger partial charge in [0, 0.05) is 30.9 Å². The highest BCUT2D eigenvalue weighted by atomic mass is 16.5. The van der Waals surface area contributed by atoms with Crippen LogP contribution in [0.2, 0.25) is 0 Å². The Labute approximate surface area is 204 Å². The Bertz CT molecular complexity index is 1270. The van der Waals surface area contributed by atoms with E-state index >= 15 is 0 Å². The molecule has 0 bridgehead atoms. The zero-order valence-electron chi connectivity index (χ0n) is 19.6. The number of aromatic nitrogens is 3. The summed E-state index contributed by atoms with van der Waals surface area (Å²) in [5.41, 5.74) is 8.38. The molecule has 8 heteroatoms. The molecule has 35 heavy (non-hydrogen) atoms. The summed E-state index contributed by atoms with van der Waals surface area (Å²) in [6.07, 6.45) is 6.63. The SMILES string of the molecule is Nc1ncnc2c1c(-c1ccc(Oc3ccccc3)cc1)cn2C1CCC(O)(CNCCO)CC1. The zero-order valence-corrected chi connectivity index (χ0v) is 19.6. The number of anilines is 1. The van der Waals surface area contributed by atoms with Gasteiger partial charge in [-0.1, -0.05) is 30.3 Å². The van der Waals surface area contributed by atoms with Crippen molar-refractivity contribution in [3.63, 3.8) is 0 Å². The van der Waals surface area contributed by atoms with Gasteiger partial charge in [-0.2, -0.15) is 0 Å². The summed E-state index contributed by atoms with van der Waals surface area (Å²) in [6, 6.07) is 17.8. The van der Waals surface area contributed by atoms with Gasteiger partial charge in [-0.15, -0.1) is 0 Å². The molecule has 8 nitrogen and oxygen atoms in total. The Morgan fingerprint density at radius 3 is 2.46 bits per heavy atom. The molecule has 1 aliphatic rings. The highest BCUT2D eigenvalue weighted by Crippen LogP contribution is 2.40. The Morgan fingerprint density at radius 2 is 1.74 bits per heavy atom. The number of hydrogen-bond donors (Lipinski definition) is 4. The van der Waals surface area contributed by atoms with Crippen molar-refractivity contribution in [1.82, 2.24) is 19.9 Å². The Balaban J connectivity index is 1.40. The van der Waals surface area contributed by atoms with Crippen molar-refractivity contribution in [2.45, 2.75) is 37.3 Å². The van der Waals surface area contributed by atoms with E-state index in [1.807, 2.05) is 54.6 Å². The van der Waals surface area contributed by atoms with Gasteiger partial charge in [0.15, 0.2) is 0 Å². The molecule has 1 saturated carbocycles. The molecule has 0 saturated heterocycles. The van der Waals surface area contributed by atoms with E-state index in [0.717, 1.165) is 46.5 Å². The van der Waals surface area contributed by atoms with Crippen LogP contribution >= 0.6 is 0 Å². The quantitative estimate of drug-likeness (QED) is 0.287. The van der Waals surface area contributed by atoms with Gasteiger partial charge in [0.2, 0.25) is 0 Å². The van der Waals surface area contributed by atoms with E-state index in [0.29, 0.717) is 31.7 Å². The van der Waals surface area contributed by atoms with Crippen molar-refractivity contribution in [3.8, 4) is 22.6 Å². The lowest BCUT2D eigenvalue weighted by molar-refractivity contribution is -0.00646. The van der Waals surface area contributed by atoms with Crippen LogP contribution in [-0.4, -0.2) is 50.0 Å². The lowest BCUT2D eigenvalue weighted by Crippen LogP contribution is -2.44. The second-order valence-electron chi connectivity index (χ2n) is 9.20. The molecule has 0 aliphatic heterocycles. The zero-order chi connectivity index (χ0) is 24.3. The van der Waals surface area contributed by atoms with Gasteiger partial charge in [-0.3, -0.25) is 0 Å². The molecule has 0 amide bonds.